The second-order valence-corrected chi connectivity index (χ2v) is 6.36. The number of aromatic nitrogens is 4. The molecule has 1 saturated heterocycles. The first-order valence-electron chi connectivity index (χ1n) is 8.55. The molecule has 2 N–H and O–H groups in total. The van der Waals surface area contributed by atoms with Crippen molar-refractivity contribution in [3.05, 3.63) is 53.9 Å². The monoisotopic (exact) mass is 353 g/mol. The first-order valence-corrected chi connectivity index (χ1v) is 8.55. The highest BCUT2D eigenvalue weighted by molar-refractivity contribution is 5.92. The Kier molecular flexibility index (Phi) is 4.49. The highest BCUT2D eigenvalue weighted by Crippen LogP contribution is 2.28. The zero-order chi connectivity index (χ0) is 17.9. The molecule has 0 spiro atoms. The van der Waals surface area contributed by atoms with Gasteiger partial charge >= 0.3 is 0 Å². The molecule has 8 heteroatoms. The Morgan fingerprint density at radius 3 is 2.73 bits per heavy atom. The minimum atomic E-state index is -0.148. The average Bonchev–Trinajstić information content (AvgIpc) is 3.40. The molecule has 0 aromatic carbocycles. The summed E-state index contributed by atoms with van der Waals surface area (Å²) < 4.78 is 5.06. The van der Waals surface area contributed by atoms with Crippen LogP contribution in [0.15, 0.2) is 41.3 Å². The molecule has 0 radical (unpaired) electrons. The minimum Gasteiger partial charge on any atom is -0.388 e. The van der Waals surface area contributed by atoms with Gasteiger partial charge < -0.3 is 14.5 Å². The Morgan fingerprint density at radius 1 is 1.27 bits per heavy atom. The van der Waals surface area contributed by atoms with Crippen molar-refractivity contribution in [3.8, 4) is 11.1 Å². The van der Waals surface area contributed by atoms with Crippen LogP contribution < -0.4 is 0 Å². The van der Waals surface area contributed by atoms with E-state index >= 15 is 0 Å². The quantitative estimate of drug-likeness (QED) is 0.742. The predicted octanol–water partition coefficient (Wildman–Crippen LogP) is 1.97. The van der Waals surface area contributed by atoms with Crippen molar-refractivity contribution < 1.29 is 14.4 Å². The van der Waals surface area contributed by atoms with Crippen molar-refractivity contribution in [2.45, 2.75) is 25.4 Å². The standard InChI is InChI=1S/C18H19N5O3/c24-11-15-7-17(22-26-15)12-3-5-23(6-4-12)18(25)16-2-1-13(8-19-16)14-9-20-21-10-14/h1-2,7-10,12,24H,3-6,11H2,(H,20,21). The van der Waals surface area contributed by atoms with Gasteiger partial charge in [-0.1, -0.05) is 11.2 Å². The summed E-state index contributed by atoms with van der Waals surface area (Å²) in [5, 5.41) is 19.8. The number of rotatable bonds is 4. The number of amides is 1. The Balaban J connectivity index is 1.38. The summed E-state index contributed by atoms with van der Waals surface area (Å²) in [6.45, 7) is 1.15. The van der Waals surface area contributed by atoms with Crippen LogP contribution in [0.4, 0.5) is 0 Å². The van der Waals surface area contributed by atoms with Gasteiger partial charge in [0.15, 0.2) is 5.76 Å². The topological polar surface area (TPSA) is 108 Å². The van der Waals surface area contributed by atoms with E-state index in [0.717, 1.165) is 29.7 Å². The number of pyridine rings is 1. The molecule has 4 heterocycles. The molecular formula is C18H19N5O3. The first-order chi connectivity index (χ1) is 12.7. The number of aliphatic hydroxyl groups is 1. The van der Waals surface area contributed by atoms with Crippen LogP contribution in [0, 0.1) is 0 Å². The highest BCUT2D eigenvalue weighted by Gasteiger charge is 2.27. The number of carbonyl (C=O) groups excluding carboxylic acids is 1. The molecule has 8 nitrogen and oxygen atoms in total. The van der Waals surface area contributed by atoms with Crippen LogP contribution in [0.25, 0.3) is 11.1 Å². The summed E-state index contributed by atoms with van der Waals surface area (Å²) in [6, 6.07) is 5.42. The molecule has 0 atom stereocenters. The van der Waals surface area contributed by atoms with Crippen LogP contribution in [0.5, 0.6) is 0 Å². The third kappa shape index (κ3) is 3.23. The maximum Gasteiger partial charge on any atom is 0.272 e. The normalized spacial score (nSPS) is 15.3. The lowest BCUT2D eigenvalue weighted by molar-refractivity contribution is 0.0705. The van der Waals surface area contributed by atoms with Crippen molar-refractivity contribution in [1.29, 1.82) is 0 Å². The second kappa shape index (κ2) is 7.09. The van der Waals surface area contributed by atoms with E-state index in [4.69, 9.17) is 9.63 Å². The van der Waals surface area contributed by atoms with Gasteiger partial charge in [-0.25, -0.2) is 0 Å². The van der Waals surface area contributed by atoms with Gasteiger partial charge in [-0.05, 0) is 18.9 Å². The summed E-state index contributed by atoms with van der Waals surface area (Å²) in [4.78, 5) is 18.8. The number of piperidine rings is 1. The molecule has 3 aromatic heterocycles. The number of hydrogen-bond donors (Lipinski definition) is 2. The maximum absolute atomic E-state index is 12.7. The van der Waals surface area contributed by atoms with Crippen molar-refractivity contribution in [1.82, 2.24) is 25.2 Å². The van der Waals surface area contributed by atoms with Crippen LogP contribution in [-0.2, 0) is 6.61 Å². The average molecular weight is 353 g/mol. The minimum absolute atomic E-state index is 0.0570. The fourth-order valence-corrected chi connectivity index (χ4v) is 3.24. The van der Waals surface area contributed by atoms with Crippen molar-refractivity contribution in [3.63, 3.8) is 0 Å². The third-order valence-corrected chi connectivity index (χ3v) is 4.75. The molecule has 1 aliphatic heterocycles. The molecule has 1 fully saturated rings. The van der Waals surface area contributed by atoms with Gasteiger partial charge in [0.05, 0.1) is 11.9 Å². The van der Waals surface area contributed by atoms with E-state index in [9.17, 15) is 4.79 Å². The number of nitrogens with one attached hydrogen (secondary N) is 1. The summed E-state index contributed by atoms with van der Waals surface area (Å²) >= 11 is 0. The molecular weight excluding hydrogens is 334 g/mol. The van der Waals surface area contributed by atoms with E-state index in [0.29, 0.717) is 24.5 Å². The molecule has 0 saturated carbocycles. The number of nitrogens with zero attached hydrogens (tertiary/aromatic N) is 4. The van der Waals surface area contributed by atoms with Crippen LogP contribution in [0.3, 0.4) is 0 Å². The largest absolute Gasteiger partial charge is 0.388 e. The summed E-state index contributed by atoms with van der Waals surface area (Å²) in [5.74, 6) is 0.665. The number of H-pyrrole nitrogens is 1. The fraction of sp³-hybridized carbons (Fsp3) is 0.333. The SMILES string of the molecule is O=C(c1ccc(-c2cn[nH]c2)cn1)N1CCC(c2cc(CO)on2)CC1. The molecule has 1 amide bonds. The lowest BCUT2D eigenvalue weighted by Gasteiger charge is -2.30. The number of aliphatic hydroxyl groups excluding tert-OH is 1. The number of carbonyl (C=O) groups is 1. The zero-order valence-electron chi connectivity index (χ0n) is 14.1. The number of aromatic amines is 1. The van der Waals surface area contributed by atoms with E-state index in [2.05, 4.69) is 20.3 Å². The van der Waals surface area contributed by atoms with Crippen molar-refractivity contribution >= 4 is 5.91 Å². The van der Waals surface area contributed by atoms with E-state index in [1.165, 1.54) is 0 Å². The smallest absolute Gasteiger partial charge is 0.272 e. The van der Waals surface area contributed by atoms with E-state index in [-0.39, 0.29) is 18.4 Å². The van der Waals surface area contributed by atoms with Gasteiger partial charge in [0.1, 0.15) is 12.3 Å². The van der Waals surface area contributed by atoms with Crippen LogP contribution in [0.1, 0.15) is 40.7 Å². The number of likely N-dealkylation sites (tertiary alicyclic amines) is 1. The van der Waals surface area contributed by atoms with Crippen LogP contribution in [-0.4, -0.2) is 49.3 Å². The molecule has 3 aromatic rings. The molecule has 4 rings (SSSR count). The van der Waals surface area contributed by atoms with Gasteiger partial charge in [0.2, 0.25) is 0 Å². The van der Waals surface area contributed by atoms with Gasteiger partial charge in [0, 0.05) is 48.6 Å². The van der Waals surface area contributed by atoms with Gasteiger partial charge in [-0.2, -0.15) is 5.10 Å². The Labute approximate surface area is 149 Å². The third-order valence-electron chi connectivity index (χ3n) is 4.75. The molecule has 0 unspecified atom stereocenters. The molecule has 26 heavy (non-hydrogen) atoms. The van der Waals surface area contributed by atoms with Gasteiger partial charge in [0.25, 0.3) is 5.91 Å². The van der Waals surface area contributed by atoms with E-state index in [1.807, 2.05) is 11.0 Å². The maximum atomic E-state index is 12.7. The molecule has 0 aliphatic carbocycles. The summed E-state index contributed by atoms with van der Waals surface area (Å²) in [7, 11) is 0. The molecule has 134 valence electrons. The zero-order valence-corrected chi connectivity index (χ0v) is 14.1. The lowest BCUT2D eigenvalue weighted by Crippen LogP contribution is -2.38. The summed E-state index contributed by atoms with van der Waals surface area (Å²) in [5.41, 5.74) is 3.15. The van der Waals surface area contributed by atoms with Gasteiger partial charge in [-0.15, -0.1) is 0 Å². The first kappa shape index (κ1) is 16.5. The van der Waals surface area contributed by atoms with E-state index in [1.54, 1.807) is 30.7 Å². The van der Waals surface area contributed by atoms with Crippen molar-refractivity contribution in [2.75, 3.05) is 13.1 Å². The predicted molar refractivity (Wildman–Crippen MR) is 92.1 cm³/mol. The Bertz CT molecular complexity index is 865. The highest BCUT2D eigenvalue weighted by atomic mass is 16.5. The van der Waals surface area contributed by atoms with Gasteiger partial charge in [-0.3, -0.25) is 14.9 Å². The number of hydrogen-bond acceptors (Lipinski definition) is 6. The van der Waals surface area contributed by atoms with Crippen LogP contribution in [0.2, 0.25) is 0 Å². The van der Waals surface area contributed by atoms with Crippen molar-refractivity contribution in [2.24, 2.45) is 0 Å². The van der Waals surface area contributed by atoms with Crippen LogP contribution >= 0.6 is 0 Å². The lowest BCUT2D eigenvalue weighted by atomic mass is 9.93. The fourth-order valence-electron chi connectivity index (χ4n) is 3.24. The second-order valence-electron chi connectivity index (χ2n) is 6.36. The Morgan fingerprint density at radius 2 is 2.12 bits per heavy atom. The summed E-state index contributed by atoms with van der Waals surface area (Å²) in [6.07, 6.45) is 6.83. The molecule has 1 aliphatic rings. The Hall–Kier alpha value is -3.00. The van der Waals surface area contributed by atoms with E-state index < -0.39 is 0 Å². The molecule has 0 bridgehead atoms.